The average Bonchev–Trinajstić information content (AvgIpc) is 2.58. The second-order valence-electron chi connectivity index (χ2n) is 4.46. The Balaban J connectivity index is -0.000000133. The number of thiol groups is 3. The predicted molar refractivity (Wildman–Crippen MR) is 102 cm³/mol. The van der Waals surface area contributed by atoms with Gasteiger partial charge in [-0.15, -0.1) is 37.9 Å². The molecule has 0 aromatic carbocycles. The molecule has 0 bridgehead atoms. The number of aliphatic carboxylic acids is 3. The fourth-order valence-corrected chi connectivity index (χ4v) is 0.485. The van der Waals surface area contributed by atoms with E-state index in [2.05, 4.69) is 37.9 Å². The van der Waals surface area contributed by atoms with Crippen molar-refractivity contribution in [1.82, 2.24) is 0 Å². The number of hydrogen-bond acceptors (Lipinski definition) is 12. The fourth-order valence-electron chi connectivity index (χ4n) is 0.485. The first-order chi connectivity index (χ1) is 12.2. The maximum absolute atomic E-state index is 9.37. The van der Waals surface area contributed by atoms with Gasteiger partial charge in [-0.25, -0.2) is 14.4 Å². The molecular formula is C12H26O12S3. The van der Waals surface area contributed by atoms with E-state index in [0.29, 0.717) is 6.42 Å². The Morgan fingerprint density at radius 3 is 0.852 bits per heavy atom. The summed E-state index contributed by atoms with van der Waals surface area (Å²) in [5.41, 5.74) is -5.28. The summed E-state index contributed by atoms with van der Waals surface area (Å²) in [4.78, 5) is 28.1. The van der Waals surface area contributed by atoms with Gasteiger partial charge in [-0.05, 0) is 6.42 Å². The molecule has 0 spiro atoms. The van der Waals surface area contributed by atoms with Crippen LogP contribution in [0.3, 0.4) is 0 Å². The molecule has 0 heterocycles. The number of aliphatic hydroxyl groups is 6. The van der Waals surface area contributed by atoms with E-state index in [9.17, 15) is 14.4 Å². The highest BCUT2D eigenvalue weighted by molar-refractivity contribution is 7.81. The van der Waals surface area contributed by atoms with Gasteiger partial charge in [0.2, 0.25) is 0 Å². The molecule has 0 aliphatic rings. The summed E-state index contributed by atoms with van der Waals surface area (Å²) in [6, 6.07) is 0. The van der Waals surface area contributed by atoms with Crippen LogP contribution in [0.25, 0.3) is 0 Å². The van der Waals surface area contributed by atoms with Gasteiger partial charge >= 0.3 is 17.9 Å². The van der Waals surface area contributed by atoms with E-state index in [0.717, 1.165) is 0 Å². The fraction of sp³-hybridized carbons (Fsp3) is 0.750. The summed E-state index contributed by atoms with van der Waals surface area (Å²) in [7, 11) is 0. The largest absolute Gasteiger partial charge is 0.479 e. The molecule has 0 aromatic heterocycles. The van der Waals surface area contributed by atoms with Gasteiger partial charge in [0.1, 0.15) is 0 Å². The Labute approximate surface area is 171 Å². The van der Waals surface area contributed by atoms with Crippen LogP contribution < -0.4 is 0 Å². The lowest BCUT2D eigenvalue weighted by Crippen LogP contribution is -2.32. The first-order valence-corrected chi connectivity index (χ1v) is 8.32. The minimum Gasteiger partial charge on any atom is -0.479 e. The lowest BCUT2D eigenvalue weighted by molar-refractivity contribution is -0.142. The molecule has 164 valence electrons. The van der Waals surface area contributed by atoms with Crippen LogP contribution in [-0.2, 0) is 14.4 Å². The highest BCUT2D eigenvalue weighted by Crippen LogP contribution is 2.18. The zero-order chi connectivity index (χ0) is 22.8. The second-order valence-corrected chi connectivity index (χ2v) is 5.93. The second kappa shape index (κ2) is 20.0. The van der Waals surface area contributed by atoms with Crippen LogP contribution in [0.1, 0.15) is 13.3 Å². The summed E-state index contributed by atoms with van der Waals surface area (Å²) in [6.07, 6.45) is 0.594. The van der Waals surface area contributed by atoms with Crippen LogP contribution in [-0.4, -0.2) is 100.0 Å². The monoisotopic (exact) mass is 458 g/mol. The minimum absolute atomic E-state index is 0.156. The molecule has 3 atom stereocenters. The molecule has 0 radical (unpaired) electrons. The third-order valence-corrected chi connectivity index (χ3v) is 3.08. The van der Waals surface area contributed by atoms with Gasteiger partial charge in [-0.2, -0.15) is 0 Å². The average molecular weight is 459 g/mol. The highest BCUT2D eigenvalue weighted by Gasteiger charge is 2.24. The predicted octanol–water partition coefficient (Wildman–Crippen LogP) is -2.68. The molecule has 0 aromatic rings. The quantitative estimate of drug-likeness (QED) is 0.138. The van der Waals surface area contributed by atoms with Crippen LogP contribution in [0.2, 0.25) is 0 Å². The molecule has 12 nitrogen and oxygen atoms in total. The molecule has 0 rings (SSSR count). The molecule has 0 aliphatic carbocycles. The number of rotatable bonds is 7. The van der Waals surface area contributed by atoms with Crippen molar-refractivity contribution in [2.45, 2.75) is 29.7 Å². The van der Waals surface area contributed by atoms with Crippen molar-refractivity contribution in [3.8, 4) is 0 Å². The molecule has 0 saturated carbocycles. The molecule has 0 aliphatic heterocycles. The van der Waals surface area contributed by atoms with E-state index in [1.165, 1.54) is 0 Å². The molecule has 15 heteroatoms. The molecule has 27 heavy (non-hydrogen) atoms. The van der Waals surface area contributed by atoms with E-state index >= 15 is 0 Å². The lowest BCUT2D eigenvalue weighted by Gasteiger charge is -2.24. The van der Waals surface area contributed by atoms with Gasteiger partial charge in [0.25, 0.3) is 0 Å². The van der Waals surface area contributed by atoms with Crippen molar-refractivity contribution in [3.63, 3.8) is 0 Å². The van der Waals surface area contributed by atoms with Gasteiger partial charge in [0, 0.05) is 5.41 Å². The normalized spacial score (nSPS) is 13.1. The van der Waals surface area contributed by atoms with Crippen molar-refractivity contribution in [3.05, 3.63) is 0 Å². The maximum Gasteiger partial charge on any atom is 0.342 e. The Kier molecular flexibility index (Phi) is 25.0. The van der Waals surface area contributed by atoms with E-state index < -0.39 is 39.6 Å². The zero-order valence-electron chi connectivity index (χ0n) is 14.2. The maximum atomic E-state index is 9.37. The molecule has 9 N–H and O–H groups in total. The van der Waals surface area contributed by atoms with E-state index in [4.69, 9.17) is 46.0 Å². The number of hydrogen-bond donors (Lipinski definition) is 12. The van der Waals surface area contributed by atoms with Crippen molar-refractivity contribution in [1.29, 1.82) is 0 Å². The molecule has 0 fully saturated rings. The SMILES string of the molecule is CCC(CO)(CO)CO.O=C(O)C(O)S.O=C(O)C(O)S.O=C(O)C(O)S. The summed E-state index contributed by atoms with van der Waals surface area (Å²) < 4.78 is 0. The number of carboxylic acids is 3. The minimum atomic E-state index is -1.54. The van der Waals surface area contributed by atoms with Crippen molar-refractivity contribution in [2.75, 3.05) is 19.8 Å². The number of carbonyl (C=O) groups is 3. The molecule has 0 saturated heterocycles. The first-order valence-electron chi connectivity index (χ1n) is 6.77. The van der Waals surface area contributed by atoms with Gasteiger partial charge in [0.15, 0.2) is 16.3 Å². The Bertz CT molecular complexity index is 339. The smallest absolute Gasteiger partial charge is 0.342 e. The van der Waals surface area contributed by atoms with Crippen LogP contribution in [0.5, 0.6) is 0 Å². The third kappa shape index (κ3) is 25.2. The van der Waals surface area contributed by atoms with Gasteiger partial charge in [-0.3, -0.25) is 0 Å². The molecule has 3 unspecified atom stereocenters. The van der Waals surface area contributed by atoms with Crippen LogP contribution in [0.15, 0.2) is 0 Å². The van der Waals surface area contributed by atoms with E-state index in [1.807, 2.05) is 6.92 Å². The topological polar surface area (TPSA) is 233 Å². The zero-order valence-corrected chi connectivity index (χ0v) is 16.8. The van der Waals surface area contributed by atoms with Gasteiger partial charge < -0.3 is 46.0 Å². The summed E-state index contributed by atoms with van der Waals surface area (Å²) >= 11 is 9.45. The van der Waals surface area contributed by atoms with E-state index in [1.54, 1.807) is 0 Å². The highest BCUT2D eigenvalue weighted by atomic mass is 32.1. The number of aliphatic hydroxyl groups excluding tert-OH is 6. The summed E-state index contributed by atoms with van der Waals surface area (Å²) in [5.74, 6) is -3.96. The third-order valence-electron chi connectivity index (χ3n) is 2.42. The van der Waals surface area contributed by atoms with Crippen LogP contribution in [0.4, 0.5) is 0 Å². The molecule has 0 amide bonds. The standard InChI is InChI=1S/C6H14O3.3C2H4O3S/c1-2-6(3-7,4-8)5-9;3*3-1(4)2(5)6/h7-9H,2-5H2,1H3;3*2,5-6H,(H,3,4). The Morgan fingerprint density at radius 1 is 0.704 bits per heavy atom. The number of carboxylic acid groups (broad SMARTS) is 3. The summed E-state index contributed by atoms with van der Waals surface area (Å²) in [6.45, 7) is 1.35. The van der Waals surface area contributed by atoms with Crippen molar-refractivity contribution >= 4 is 55.8 Å². The molecular weight excluding hydrogens is 432 g/mol. The van der Waals surface area contributed by atoms with E-state index in [-0.39, 0.29) is 19.8 Å². The van der Waals surface area contributed by atoms with Crippen molar-refractivity contribution in [2.24, 2.45) is 5.41 Å². The van der Waals surface area contributed by atoms with Crippen molar-refractivity contribution < 1.29 is 60.3 Å². The summed E-state index contributed by atoms with van der Waals surface area (Å²) in [5, 5.41) is 72.6. The van der Waals surface area contributed by atoms with Crippen LogP contribution in [0, 0.1) is 5.41 Å². The van der Waals surface area contributed by atoms with Crippen LogP contribution >= 0.6 is 37.9 Å². The Hall–Kier alpha value is -0.780. The van der Waals surface area contributed by atoms with Gasteiger partial charge in [0.05, 0.1) is 19.8 Å². The lowest BCUT2D eigenvalue weighted by atomic mass is 9.88. The van der Waals surface area contributed by atoms with Gasteiger partial charge in [-0.1, -0.05) is 6.92 Å². The first kappa shape index (κ1) is 33.8. The Morgan fingerprint density at radius 2 is 0.852 bits per heavy atom.